The second-order valence-electron chi connectivity index (χ2n) is 7.00. The van der Waals surface area contributed by atoms with Crippen molar-refractivity contribution < 1.29 is 9.18 Å². The van der Waals surface area contributed by atoms with E-state index in [-0.39, 0.29) is 11.7 Å². The normalized spacial score (nSPS) is 15.4. The second-order valence-corrected chi connectivity index (χ2v) is 7.00. The van der Waals surface area contributed by atoms with Gasteiger partial charge in [0.15, 0.2) is 5.69 Å². The smallest absolute Gasteiger partial charge is 0.275 e. The summed E-state index contributed by atoms with van der Waals surface area (Å²) in [6, 6.07) is 14.6. The van der Waals surface area contributed by atoms with Crippen LogP contribution in [0.1, 0.15) is 16.1 Å². The van der Waals surface area contributed by atoms with Crippen LogP contribution in [-0.2, 0) is 13.5 Å². The van der Waals surface area contributed by atoms with E-state index in [2.05, 4.69) is 10.00 Å². The molecule has 27 heavy (non-hydrogen) atoms. The van der Waals surface area contributed by atoms with Crippen LogP contribution in [-0.4, -0.2) is 58.2 Å². The number of fused-ring (bicyclic) bond motifs is 1. The fraction of sp³-hybridized carbons (Fsp3) is 0.333. The van der Waals surface area contributed by atoms with Crippen LogP contribution in [0.2, 0.25) is 0 Å². The van der Waals surface area contributed by atoms with Crippen LogP contribution in [0, 0.1) is 5.82 Å². The highest BCUT2D eigenvalue weighted by atomic mass is 19.1. The van der Waals surface area contributed by atoms with Crippen molar-refractivity contribution >= 4 is 16.8 Å². The topological polar surface area (TPSA) is 41.4 Å². The van der Waals surface area contributed by atoms with Crippen LogP contribution in [0.3, 0.4) is 0 Å². The lowest BCUT2D eigenvalue weighted by molar-refractivity contribution is 0.0634. The third-order valence-electron chi connectivity index (χ3n) is 5.23. The van der Waals surface area contributed by atoms with Crippen molar-refractivity contribution in [2.24, 2.45) is 7.05 Å². The molecule has 4 rings (SSSR count). The minimum Gasteiger partial charge on any atom is -0.335 e. The number of benzene rings is 2. The number of halogens is 1. The van der Waals surface area contributed by atoms with E-state index >= 15 is 0 Å². The van der Waals surface area contributed by atoms with Crippen LogP contribution in [0.25, 0.3) is 10.9 Å². The molecule has 0 saturated carbocycles. The Bertz CT molecular complexity index is 960. The Balaban J connectivity index is 1.36. The molecule has 0 spiro atoms. The molecule has 0 bridgehead atoms. The van der Waals surface area contributed by atoms with Crippen molar-refractivity contribution in [2.75, 3.05) is 32.7 Å². The standard InChI is InChI=1S/C21H23FN4O/c1-24-19-8-3-2-7-18(19)20(23-24)21(27)26-13-11-25(12-14-26)10-9-16-5-4-6-17(22)15-16/h2-8,15H,9-14H2,1H3. The number of piperazine rings is 1. The largest absolute Gasteiger partial charge is 0.335 e. The number of hydrogen-bond acceptors (Lipinski definition) is 3. The number of amides is 1. The van der Waals surface area contributed by atoms with Crippen LogP contribution in [0.4, 0.5) is 4.39 Å². The summed E-state index contributed by atoms with van der Waals surface area (Å²) >= 11 is 0. The van der Waals surface area contributed by atoms with Crippen molar-refractivity contribution in [3.63, 3.8) is 0 Å². The lowest BCUT2D eigenvalue weighted by Gasteiger charge is -2.34. The summed E-state index contributed by atoms with van der Waals surface area (Å²) in [6.07, 6.45) is 0.816. The Kier molecular flexibility index (Phi) is 4.90. The maximum Gasteiger partial charge on any atom is 0.275 e. The minimum atomic E-state index is -0.189. The SMILES string of the molecule is Cn1nc(C(=O)N2CCN(CCc3cccc(F)c3)CC2)c2ccccc21. The van der Waals surface area contributed by atoms with E-state index in [0.717, 1.165) is 42.5 Å². The van der Waals surface area contributed by atoms with Gasteiger partial charge in [-0.15, -0.1) is 0 Å². The maximum absolute atomic E-state index is 13.3. The summed E-state index contributed by atoms with van der Waals surface area (Å²) < 4.78 is 15.0. The quantitative estimate of drug-likeness (QED) is 0.713. The van der Waals surface area contributed by atoms with Gasteiger partial charge in [0.2, 0.25) is 0 Å². The van der Waals surface area contributed by atoms with Gasteiger partial charge in [0.05, 0.1) is 5.52 Å². The summed E-state index contributed by atoms with van der Waals surface area (Å²) in [5.41, 5.74) is 2.50. The van der Waals surface area contributed by atoms with Crippen molar-refractivity contribution in [1.82, 2.24) is 19.6 Å². The van der Waals surface area contributed by atoms with Crippen molar-refractivity contribution in [2.45, 2.75) is 6.42 Å². The van der Waals surface area contributed by atoms with Crippen LogP contribution in [0.15, 0.2) is 48.5 Å². The van der Waals surface area contributed by atoms with E-state index in [4.69, 9.17) is 0 Å². The number of carbonyl (C=O) groups is 1. The van der Waals surface area contributed by atoms with Gasteiger partial charge in [-0.2, -0.15) is 5.10 Å². The number of para-hydroxylation sites is 1. The fourth-order valence-corrected chi connectivity index (χ4v) is 3.68. The lowest BCUT2D eigenvalue weighted by Crippen LogP contribution is -2.49. The molecule has 2 heterocycles. The van der Waals surface area contributed by atoms with E-state index in [1.54, 1.807) is 16.8 Å². The first-order chi connectivity index (χ1) is 13.1. The van der Waals surface area contributed by atoms with E-state index in [9.17, 15) is 9.18 Å². The lowest BCUT2D eigenvalue weighted by atomic mass is 10.1. The average Bonchev–Trinajstić information content (AvgIpc) is 3.03. The third kappa shape index (κ3) is 3.71. The number of carbonyl (C=O) groups excluding carboxylic acids is 1. The van der Waals surface area contributed by atoms with E-state index in [0.29, 0.717) is 18.8 Å². The molecule has 1 aliphatic heterocycles. The first-order valence-electron chi connectivity index (χ1n) is 9.29. The van der Waals surface area contributed by atoms with Gasteiger partial charge in [0.25, 0.3) is 5.91 Å². The summed E-state index contributed by atoms with van der Waals surface area (Å²) in [5, 5.41) is 5.35. The monoisotopic (exact) mass is 366 g/mol. The molecule has 1 aromatic heterocycles. The molecule has 3 aromatic rings. The van der Waals surface area contributed by atoms with Crippen LogP contribution < -0.4 is 0 Å². The molecule has 5 nitrogen and oxygen atoms in total. The number of aryl methyl sites for hydroxylation is 1. The highest BCUT2D eigenvalue weighted by Crippen LogP contribution is 2.19. The highest BCUT2D eigenvalue weighted by molar-refractivity contribution is 6.04. The van der Waals surface area contributed by atoms with E-state index in [1.807, 2.05) is 42.3 Å². The molecule has 2 aromatic carbocycles. The Labute approximate surface area is 158 Å². The van der Waals surface area contributed by atoms with Gasteiger partial charge in [0.1, 0.15) is 5.82 Å². The molecule has 0 atom stereocenters. The minimum absolute atomic E-state index is 0.00317. The number of nitrogens with zero attached hydrogens (tertiary/aromatic N) is 4. The van der Waals surface area contributed by atoms with Crippen molar-refractivity contribution in [3.8, 4) is 0 Å². The molecule has 0 radical (unpaired) electrons. The molecule has 0 N–H and O–H groups in total. The van der Waals surface area contributed by atoms with Gasteiger partial charge < -0.3 is 4.90 Å². The Morgan fingerprint density at radius 2 is 1.85 bits per heavy atom. The van der Waals surface area contributed by atoms with Gasteiger partial charge >= 0.3 is 0 Å². The second kappa shape index (κ2) is 7.48. The number of aromatic nitrogens is 2. The Hall–Kier alpha value is -2.73. The predicted octanol–water partition coefficient (Wildman–Crippen LogP) is 2.71. The summed E-state index contributed by atoms with van der Waals surface area (Å²) in [5.74, 6) is -0.193. The predicted molar refractivity (Wildman–Crippen MR) is 103 cm³/mol. The molecule has 140 valence electrons. The zero-order valence-electron chi connectivity index (χ0n) is 15.4. The first kappa shape index (κ1) is 17.7. The first-order valence-corrected chi connectivity index (χ1v) is 9.29. The summed E-state index contributed by atoms with van der Waals surface area (Å²) in [7, 11) is 1.86. The summed E-state index contributed by atoms with van der Waals surface area (Å²) in [4.78, 5) is 17.1. The molecule has 1 aliphatic rings. The van der Waals surface area contributed by atoms with E-state index < -0.39 is 0 Å². The number of hydrogen-bond donors (Lipinski definition) is 0. The molecular weight excluding hydrogens is 343 g/mol. The average molecular weight is 366 g/mol. The van der Waals surface area contributed by atoms with Crippen LogP contribution >= 0.6 is 0 Å². The van der Waals surface area contributed by atoms with Gasteiger partial charge in [-0.05, 0) is 30.2 Å². The molecule has 6 heteroatoms. The highest BCUT2D eigenvalue weighted by Gasteiger charge is 2.25. The molecular formula is C21H23FN4O. The third-order valence-corrected chi connectivity index (χ3v) is 5.23. The van der Waals surface area contributed by atoms with Gasteiger partial charge in [-0.1, -0.05) is 30.3 Å². The molecule has 1 saturated heterocycles. The van der Waals surface area contributed by atoms with Gasteiger partial charge in [0, 0.05) is 45.2 Å². The zero-order valence-corrected chi connectivity index (χ0v) is 15.4. The Morgan fingerprint density at radius 1 is 1.07 bits per heavy atom. The Morgan fingerprint density at radius 3 is 2.63 bits per heavy atom. The maximum atomic E-state index is 13.3. The summed E-state index contributed by atoms with van der Waals surface area (Å²) in [6.45, 7) is 3.90. The van der Waals surface area contributed by atoms with Crippen molar-refractivity contribution in [3.05, 3.63) is 65.6 Å². The van der Waals surface area contributed by atoms with E-state index in [1.165, 1.54) is 6.07 Å². The van der Waals surface area contributed by atoms with Gasteiger partial charge in [-0.25, -0.2) is 4.39 Å². The molecule has 1 fully saturated rings. The molecule has 1 amide bonds. The van der Waals surface area contributed by atoms with Crippen molar-refractivity contribution in [1.29, 1.82) is 0 Å². The molecule has 0 aliphatic carbocycles. The molecule has 0 unspecified atom stereocenters. The van der Waals surface area contributed by atoms with Gasteiger partial charge in [-0.3, -0.25) is 14.4 Å². The van der Waals surface area contributed by atoms with Crippen LogP contribution in [0.5, 0.6) is 0 Å². The number of rotatable bonds is 4. The fourth-order valence-electron chi connectivity index (χ4n) is 3.68. The zero-order chi connectivity index (χ0) is 18.8.